The van der Waals surface area contributed by atoms with Gasteiger partial charge in [-0.05, 0) is 39.2 Å². The first-order chi connectivity index (χ1) is 13.6. The quantitative estimate of drug-likeness (QED) is 0.686. The zero-order valence-electron chi connectivity index (χ0n) is 17.0. The summed E-state index contributed by atoms with van der Waals surface area (Å²) < 4.78 is 1.91. The minimum absolute atomic E-state index is 0.210. The van der Waals surface area contributed by atoms with Gasteiger partial charge in [0.1, 0.15) is 0 Å². The number of carbonyl (C=O) groups excluding carboxylic acids is 1. The summed E-state index contributed by atoms with van der Waals surface area (Å²) in [5.41, 5.74) is 6.94. The smallest absolute Gasteiger partial charge is 0.227 e. The fourth-order valence-corrected chi connectivity index (χ4v) is 4.25. The summed E-state index contributed by atoms with van der Waals surface area (Å²) in [6.07, 6.45) is 5.08. The van der Waals surface area contributed by atoms with Crippen LogP contribution in [0.4, 0.5) is 0 Å². The number of benzene rings is 1. The van der Waals surface area contributed by atoms with Crippen LogP contribution in [-0.4, -0.2) is 38.5 Å². The molecule has 1 fully saturated rings. The highest BCUT2D eigenvalue weighted by Crippen LogP contribution is 2.29. The highest BCUT2D eigenvalue weighted by Gasteiger charge is 2.22. The highest BCUT2D eigenvalue weighted by atomic mass is 16.2. The zero-order chi connectivity index (χ0) is 19.7. The van der Waals surface area contributed by atoms with Crippen molar-refractivity contribution in [2.24, 2.45) is 0 Å². The fourth-order valence-electron chi connectivity index (χ4n) is 4.25. The van der Waals surface area contributed by atoms with Crippen LogP contribution in [0.5, 0.6) is 0 Å². The molecule has 1 aliphatic heterocycles. The number of nitrogens with zero attached hydrogens (tertiary/aromatic N) is 4. The Morgan fingerprint density at radius 2 is 1.64 bits per heavy atom. The van der Waals surface area contributed by atoms with Crippen LogP contribution in [0.3, 0.4) is 0 Å². The van der Waals surface area contributed by atoms with Crippen LogP contribution in [0, 0.1) is 20.8 Å². The molecule has 0 radical (unpaired) electrons. The van der Waals surface area contributed by atoms with Crippen molar-refractivity contribution in [3.8, 4) is 11.1 Å². The Bertz CT molecular complexity index is 999. The third-order valence-electron chi connectivity index (χ3n) is 5.85. The molecule has 0 saturated carbocycles. The molecule has 5 heteroatoms. The molecule has 28 heavy (non-hydrogen) atoms. The molecule has 0 spiro atoms. The Hall–Kier alpha value is -2.69. The molecule has 0 atom stereocenters. The fraction of sp³-hybridized carbons (Fsp3) is 0.435. The first-order valence-corrected chi connectivity index (χ1v) is 10.2. The normalized spacial score (nSPS) is 15.0. The van der Waals surface area contributed by atoms with Crippen molar-refractivity contribution >= 4 is 11.6 Å². The average molecular weight is 377 g/mol. The number of aromatic nitrogens is 3. The van der Waals surface area contributed by atoms with Crippen LogP contribution in [-0.2, 0) is 11.2 Å². The topological polar surface area (TPSA) is 50.5 Å². The number of fused-ring (bicyclic) bond motifs is 1. The molecule has 3 aromatic rings. The maximum atomic E-state index is 12.9. The summed E-state index contributed by atoms with van der Waals surface area (Å²) in [7, 11) is 0. The van der Waals surface area contributed by atoms with Gasteiger partial charge in [0.05, 0.1) is 12.1 Å². The summed E-state index contributed by atoms with van der Waals surface area (Å²) in [5, 5.41) is 4.75. The molecule has 3 heterocycles. The van der Waals surface area contributed by atoms with Crippen molar-refractivity contribution in [3.63, 3.8) is 0 Å². The van der Waals surface area contributed by atoms with E-state index in [1.165, 1.54) is 12.8 Å². The van der Waals surface area contributed by atoms with Crippen LogP contribution in [0.25, 0.3) is 16.8 Å². The van der Waals surface area contributed by atoms with Gasteiger partial charge in [0.25, 0.3) is 0 Å². The molecule has 146 valence electrons. The van der Waals surface area contributed by atoms with E-state index in [0.29, 0.717) is 6.42 Å². The van der Waals surface area contributed by atoms with Crippen molar-refractivity contribution in [1.82, 2.24) is 19.5 Å². The Kier molecular flexibility index (Phi) is 5.16. The van der Waals surface area contributed by atoms with E-state index in [2.05, 4.69) is 12.1 Å². The molecule has 1 amide bonds. The maximum Gasteiger partial charge on any atom is 0.227 e. The third kappa shape index (κ3) is 3.41. The van der Waals surface area contributed by atoms with Crippen LogP contribution in [0.15, 0.2) is 30.3 Å². The number of carbonyl (C=O) groups is 1. The second kappa shape index (κ2) is 7.74. The molecule has 0 aliphatic carbocycles. The monoisotopic (exact) mass is 376 g/mol. The summed E-state index contributed by atoms with van der Waals surface area (Å²) in [5.74, 6) is 0.210. The summed E-state index contributed by atoms with van der Waals surface area (Å²) in [6.45, 7) is 7.84. The highest BCUT2D eigenvalue weighted by molar-refractivity contribution is 5.82. The van der Waals surface area contributed by atoms with Gasteiger partial charge >= 0.3 is 0 Å². The molecular formula is C23H28N4O. The van der Waals surface area contributed by atoms with Gasteiger partial charge in [-0.1, -0.05) is 43.2 Å². The van der Waals surface area contributed by atoms with Crippen LogP contribution >= 0.6 is 0 Å². The summed E-state index contributed by atoms with van der Waals surface area (Å²) in [4.78, 5) is 19.8. The first-order valence-electron chi connectivity index (χ1n) is 10.2. The first kappa shape index (κ1) is 18.7. The molecule has 1 aromatic carbocycles. The van der Waals surface area contributed by atoms with Crippen LogP contribution in [0.1, 0.15) is 48.3 Å². The van der Waals surface area contributed by atoms with E-state index in [4.69, 9.17) is 10.1 Å². The molecule has 1 aliphatic rings. The maximum absolute atomic E-state index is 12.9. The van der Waals surface area contributed by atoms with Gasteiger partial charge < -0.3 is 4.90 Å². The van der Waals surface area contributed by atoms with Gasteiger partial charge in [-0.2, -0.15) is 5.10 Å². The number of hydrogen-bond acceptors (Lipinski definition) is 3. The lowest BCUT2D eigenvalue weighted by molar-refractivity contribution is -0.130. The van der Waals surface area contributed by atoms with Crippen molar-refractivity contribution < 1.29 is 4.79 Å². The third-order valence-corrected chi connectivity index (χ3v) is 5.85. The largest absolute Gasteiger partial charge is 0.342 e. The average Bonchev–Trinajstić information content (AvgIpc) is 2.87. The molecule has 1 saturated heterocycles. The van der Waals surface area contributed by atoms with Crippen LogP contribution in [0.2, 0.25) is 0 Å². The molecule has 2 aromatic heterocycles. The summed E-state index contributed by atoms with van der Waals surface area (Å²) in [6, 6.07) is 10.3. The van der Waals surface area contributed by atoms with Crippen molar-refractivity contribution in [1.29, 1.82) is 0 Å². The van der Waals surface area contributed by atoms with Gasteiger partial charge in [0, 0.05) is 35.6 Å². The molecule has 0 N–H and O–H groups in total. The Morgan fingerprint density at radius 3 is 2.32 bits per heavy atom. The number of hydrogen-bond donors (Lipinski definition) is 0. The Morgan fingerprint density at radius 1 is 0.964 bits per heavy atom. The Labute approximate surface area is 166 Å². The predicted octanol–water partition coefficient (Wildman–Crippen LogP) is 4.27. The standard InChI is InChI=1S/C23H28N4O/c1-16-20(15-21(28)26-13-9-4-5-10-14-26)18(3)27-23(24-16)22(17(2)25-27)19-11-7-6-8-12-19/h6-8,11-12H,4-5,9-10,13-15H2,1-3H3. The molecular weight excluding hydrogens is 348 g/mol. The number of aryl methyl sites for hydroxylation is 3. The van der Waals surface area contributed by atoms with E-state index < -0.39 is 0 Å². The number of amides is 1. The van der Waals surface area contributed by atoms with E-state index in [1.807, 2.05) is 48.4 Å². The van der Waals surface area contributed by atoms with Crippen molar-refractivity contribution in [2.45, 2.75) is 52.9 Å². The minimum Gasteiger partial charge on any atom is -0.342 e. The van der Waals surface area contributed by atoms with Gasteiger partial charge in [-0.15, -0.1) is 0 Å². The number of rotatable bonds is 3. The minimum atomic E-state index is 0.210. The van der Waals surface area contributed by atoms with Gasteiger partial charge in [-0.3, -0.25) is 4.79 Å². The zero-order valence-corrected chi connectivity index (χ0v) is 17.0. The van der Waals surface area contributed by atoms with E-state index in [1.54, 1.807) is 0 Å². The lowest BCUT2D eigenvalue weighted by Gasteiger charge is -2.21. The summed E-state index contributed by atoms with van der Waals surface area (Å²) >= 11 is 0. The van der Waals surface area contributed by atoms with Gasteiger partial charge in [0.2, 0.25) is 5.91 Å². The molecule has 5 nitrogen and oxygen atoms in total. The van der Waals surface area contributed by atoms with Gasteiger partial charge in [-0.25, -0.2) is 9.50 Å². The van der Waals surface area contributed by atoms with E-state index in [9.17, 15) is 4.79 Å². The van der Waals surface area contributed by atoms with Gasteiger partial charge in [0.15, 0.2) is 5.65 Å². The van der Waals surface area contributed by atoms with E-state index in [0.717, 1.165) is 65.4 Å². The molecule has 0 unspecified atom stereocenters. The van der Waals surface area contributed by atoms with Crippen molar-refractivity contribution in [3.05, 3.63) is 53.0 Å². The Balaban J connectivity index is 1.72. The molecule has 0 bridgehead atoms. The lowest BCUT2D eigenvalue weighted by Crippen LogP contribution is -2.33. The SMILES string of the molecule is Cc1nc2c(-c3ccccc3)c(C)nn2c(C)c1CC(=O)N1CCCCCC1. The molecule has 4 rings (SSSR count). The number of likely N-dealkylation sites (tertiary alicyclic amines) is 1. The second-order valence-electron chi connectivity index (χ2n) is 7.79. The predicted molar refractivity (Wildman–Crippen MR) is 111 cm³/mol. The van der Waals surface area contributed by atoms with Crippen LogP contribution < -0.4 is 0 Å². The second-order valence-corrected chi connectivity index (χ2v) is 7.79. The van der Waals surface area contributed by atoms with E-state index in [-0.39, 0.29) is 5.91 Å². The lowest BCUT2D eigenvalue weighted by atomic mass is 10.0. The van der Waals surface area contributed by atoms with E-state index >= 15 is 0 Å². The van der Waals surface area contributed by atoms with Crippen molar-refractivity contribution in [2.75, 3.05) is 13.1 Å².